The molecule has 8 nitrogen and oxygen atoms in total. The van der Waals surface area contributed by atoms with Gasteiger partial charge < -0.3 is 25.2 Å². The predicted octanol–water partition coefficient (Wildman–Crippen LogP) is 2.36. The summed E-state index contributed by atoms with van der Waals surface area (Å²) in [6.45, 7) is 8.14. The van der Waals surface area contributed by atoms with Crippen LogP contribution in [0.1, 0.15) is 40.0 Å². The van der Waals surface area contributed by atoms with Crippen molar-refractivity contribution in [3.8, 4) is 0 Å². The van der Waals surface area contributed by atoms with Gasteiger partial charge in [0.2, 0.25) is 0 Å². The van der Waals surface area contributed by atoms with Crippen molar-refractivity contribution in [3.63, 3.8) is 0 Å². The summed E-state index contributed by atoms with van der Waals surface area (Å²) in [4.78, 5) is 24.6. The molecule has 1 saturated carbocycles. The van der Waals surface area contributed by atoms with E-state index < -0.39 is 5.60 Å². The van der Waals surface area contributed by atoms with Crippen molar-refractivity contribution in [2.24, 2.45) is 4.99 Å². The number of rotatable bonds is 6. The molecule has 1 aromatic heterocycles. The standard InChI is InChI=1S/C21H33FN6O2/c1-21(2,3)30-20(29)28(16-7-8-16)13-11-25-19(23-4)26-15-9-12-27(14-15)18-17(22)6-5-10-24-18/h5-6,10,15-16H,7-9,11-14H2,1-4H3,(H2,23,25,26). The fourth-order valence-corrected chi connectivity index (χ4v) is 3.49. The van der Waals surface area contributed by atoms with Gasteiger partial charge in [0.25, 0.3) is 0 Å². The summed E-state index contributed by atoms with van der Waals surface area (Å²) in [7, 11) is 1.72. The zero-order chi connectivity index (χ0) is 21.7. The van der Waals surface area contributed by atoms with Gasteiger partial charge in [-0.3, -0.25) is 4.99 Å². The summed E-state index contributed by atoms with van der Waals surface area (Å²) < 4.78 is 19.5. The molecule has 0 bridgehead atoms. The van der Waals surface area contributed by atoms with Crippen LogP contribution in [0.5, 0.6) is 0 Å². The molecule has 0 spiro atoms. The first-order valence-corrected chi connectivity index (χ1v) is 10.6. The minimum Gasteiger partial charge on any atom is -0.444 e. The second-order valence-electron chi connectivity index (χ2n) is 8.79. The van der Waals surface area contributed by atoms with E-state index in [-0.39, 0.29) is 24.0 Å². The van der Waals surface area contributed by atoms with Gasteiger partial charge in [-0.2, -0.15) is 0 Å². The highest BCUT2D eigenvalue weighted by molar-refractivity contribution is 5.80. The lowest BCUT2D eigenvalue weighted by Crippen LogP contribution is -2.48. The van der Waals surface area contributed by atoms with Gasteiger partial charge in [-0.1, -0.05) is 0 Å². The maximum atomic E-state index is 14.0. The minimum absolute atomic E-state index is 0.142. The van der Waals surface area contributed by atoms with E-state index in [1.165, 1.54) is 6.07 Å². The Bertz CT molecular complexity index is 762. The van der Waals surface area contributed by atoms with E-state index in [1.54, 1.807) is 24.2 Å². The van der Waals surface area contributed by atoms with Gasteiger partial charge >= 0.3 is 6.09 Å². The number of carbonyl (C=O) groups excluding carboxylic acids is 1. The number of ether oxygens (including phenoxy) is 1. The van der Waals surface area contributed by atoms with Crippen LogP contribution in [0.4, 0.5) is 15.0 Å². The number of carbonyl (C=O) groups is 1. The Labute approximate surface area is 177 Å². The highest BCUT2D eigenvalue weighted by Gasteiger charge is 2.35. The molecule has 9 heteroatoms. The number of anilines is 1. The molecule has 2 heterocycles. The zero-order valence-electron chi connectivity index (χ0n) is 18.3. The number of hydrogen-bond acceptors (Lipinski definition) is 5. The highest BCUT2D eigenvalue weighted by Crippen LogP contribution is 2.28. The number of nitrogens with one attached hydrogen (secondary N) is 2. The van der Waals surface area contributed by atoms with Crippen LogP contribution in [-0.4, -0.2) is 72.8 Å². The number of nitrogens with zero attached hydrogens (tertiary/aromatic N) is 4. The van der Waals surface area contributed by atoms with Crippen LogP contribution in [0.3, 0.4) is 0 Å². The SMILES string of the molecule is CN=C(NCCN(C(=O)OC(C)(C)C)C1CC1)NC1CCN(c2ncccc2F)C1. The minimum atomic E-state index is -0.503. The smallest absolute Gasteiger partial charge is 0.410 e. The molecule has 1 aliphatic carbocycles. The quantitative estimate of drug-likeness (QED) is 0.543. The fraction of sp³-hybridized carbons (Fsp3) is 0.667. The summed E-state index contributed by atoms with van der Waals surface area (Å²) in [5.74, 6) is 0.758. The molecule has 2 fully saturated rings. The molecular formula is C21H33FN6O2. The van der Waals surface area contributed by atoms with Gasteiger partial charge in [-0.15, -0.1) is 0 Å². The number of aliphatic imine (C=N–C) groups is 1. The van der Waals surface area contributed by atoms with E-state index in [0.717, 1.165) is 25.8 Å². The molecule has 1 aromatic rings. The van der Waals surface area contributed by atoms with E-state index in [0.29, 0.717) is 31.4 Å². The largest absolute Gasteiger partial charge is 0.444 e. The molecule has 1 aliphatic heterocycles. The average molecular weight is 421 g/mol. The van der Waals surface area contributed by atoms with Crippen molar-refractivity contribution < 1.29 is 13.9 Å². The third-order valence-corrected chi connectivity index (χ3v) is 5.05. The Morgan fingerprint density at radius 1 is 1.40 bits per heavy atom. The average Bonchev–Trinajstić information content (AvgIpc) is 3.41. The second-order valence-corrected chi connectivity index (χ2v) is 8.79. The molecule has 2 N–H and O–H groups in total. The second kappa shape index (κ2) is 9.49. The van der Waals surface area contributed by atoms with Crippen LogP contribution in [0.25, 0.3) is 0 Å². The summed E-state index contributed by atoms with van der Waals surface area (Å²) in [5.41, 5.74) is -0.503. The first-order chi connectivity index (χ1) is 14.3. The molecular weight excluding hydrogens is 387 g/mol. The van der Waals surface area contributed by atoms with Crippen LogP contribution < -0.4 is 15.5 Å². The zero-order valence-corrected chi connectivity index (χ0v) is 18.3. The molecule has 0 aromatic carbocycles. The van der Waals surface area contributed by atoms with Crippen LogP contribution in [0.15, 0.2) is 23.3 Å². The Balaban J connectivity index is 1.46. The van der Waals surface area contributed by atoms with Crippen LogP contribution >= 0.6 is 0 Å². The maximum absolute atomic E-state index is 14.0. The van der Waals surface area contributed by atoms with E-state index in [9.17, 15) is 9.18 Å². The lowest BCUT2D eigenvalue weighted by atomic mass is 10.2. The first-order valence-electron chi connectivity index (χ1n) is 10.6. The van der Waals surface area contributed by atoms with E-state index >= 15 is 0 Å². The van der Waals surface area contributed by atoms with Crippen molar-refractivity contribution >= 4 is 17.9 Å². The lowest BCUT2D eigenvalue weighted by Gasteiger charge is -2.28. The van der Waals surface area contributed by atoms with Crippen molar-refractivity contribution in [2.75, 3.05) is 38.1 Å². The van der Waals surface area contributed by atoms with Crippen LogP contribution in [-0.2, 0) is 4.74 Å². The summed E-state index contributed by atoms with van der Waals surface area (Å²) >= 11 is 0. The molecule has 1 amide bonds. The van der Waals surface area contributed by atoms with Crippen molar-refractivity contribution in [1.29, 1.82) is 0 Å². The Morgan fingerprint density at radius 3 is 2.80 bits per heavy atom. The number of aromatic nitrogens is 1. The molecule has 1 unspecified atom stereocenters. The van der Waals surface area contributed by atoms with Gasteiger partial charge in [0.05, 0.1) is 0 Å². The normalized spacial score (nSPS) is 19.6. The lowest BCUT2D eigenvalue weighted by molar-refractivity contribution is 0.0238. The summed E-state index contributed by atoms with van der Waals surface area (Å²) in [6, 6.07) is 3.44. The third kappa shape index (κ3) is 6.21. The van der Waals surface area contributed by atoms with Crippen LogP contribution in [0.2, 0.25) is 0 Å². The van der Waals surface area contributed by atoms with Crippen molar-refractivity contribution in [3.05, 3.63) is 24.1 Å². The number of pyridine rings is 1. The summed E-state index contributed by atoms with van der Waals surface area (Å²) in [5, 5.41) is 6.66. The molecule has 30 heavy (non-hydrogen) atoms. The summed E-state index contributed by atoms with van der Waals surface area (Å²) in [6.07, 6.45) is 4.25. The van der Waals surface area contributed by atoms with E-state index in [4.69, 9.17) is 4.74 Å². The Morgan fingerprint density at radius 2 is 2.17 bits per heavy atom. The monoisotopic (exact) mass is 420 g/mol. The molecule has 3 rings (SSSR count). The van der Waals surface area contributed by atoms with Gasteiger partial charge in [0.15, 0.2) is 17.6 Å². The molecule has 166 valence electrons. The predicted molar refractivity (Wildman–Crippen MR) is 115 cm³/mol. The van der Waals surface area contributed by atoms with Crippen LogP contribution in [0, 0.1) is 5.82 Å². The Kier molecular flexibility index (Phi) is 6.99. The van der Waals surface area contributed by atoms with Gasteiger partial charge in [-0.25, -0.2) is 14.2 Å². The number of halogens is 1. The fourth-order valence-electron chi connectivity index (χ4n) is 3.49. The molecule has 1 atom stereocenters. The number of amides is 1. The van der Waals surface area contributed by atoms with Crippen molar-refractivity contribution in [2.45, 2.75) is 57.7 Å². The highest BCUT2D eigenvalue weighted by atomic mass is 19.1. The van der Waals surface area contributed by atoms with Gasteiger partial charge in [-0.05, 0) is 52.2 Å². The van der Waals surface area contributed by atoms with Gasteiger partial charge in [0.1, 0.15) is 5.60 Å². The first kappa shape index (κ1) is 22.1. The van der Waals surface area contributed by atoms with Gasteiger partial charge in [0, 0.05) is 51.5 Å². The molecule has 1 saturated heterocycles. The number of guanidine groups is 1. The Hall–Kier alpha value is -2.58. The van der Waals surface area contributed by atoms with Crippen molar-refractivity contribution in [1.82, 2.24) is 20.5 Å². The molecule has 0 radical (unpaired) electrons. The topological polar surface area (TPSA) is 82.1 Å². The van der Waals surface area contributed by atoms with E-state index in [2.05, 4.69) is 20.6 Å². The third-order valence-electron chi connectivity index (χ3n) is 5.05. The number of hydrogen-bond donors (Lipinski definition) is 2. The van der Waals surface area contributed by atoms with E-state index in [1.807, 2.05) is 25.7 Å². The molecule has 2 aliphatic rings. The maximum Gasteiger partial charge on any atom is 0.410 e.